The number of hydrogen-bond acceptors (Lipinski definition) is 7. The monoisotopic (exact) mass is 394 g/mol. The van der Waals surface area contributed by atoms with Crippen molar-refractivity contribution in [3.05, 3.63) is 25.7 Å². The van der Waals surface area contributed by atoms with Crippen LogP contribution in [0.5, 0.6) is 0 Å². The van der Waals surface area contributed by atoms with E-state index in [0.29, 0.717) is 50.6 Å². The Morgan fingerprint density at radius 3 is 2.56 bits per heavy atom. The minimum Gasteiger partial charge on any atom is -0.347 e. The topological polar surface area (TPSA) is 107 Å². The molecule has 4 heterocycles. The summed E-state index contributed by atoms with van der Waals surface area (Å²) in [5.41, 5.74) is -0.600. The highest BCUT2D eigenvalue weighted by Crippen LogP contribution is 2.32. The van der Waals surface area contributed by atoms with Gasteiger partial charge in [-0.25, -0.2) is 4.79 Å². The lowest BCUT2D eigenvalue weighted by Crippen LogP contribution is -2.47. The third kappa shape index (κ3) is 3.21. The summed E-state index contributed by atoms with van der Waals surface area (Å²) in [7, 11) is 0. The van der Waals surface area contributed by atoms with E-state index in [0.717, 1.165) is 16.1 Å². The zero-order chi connectivity index (χ0) is 19.2. The summed E-state index contributed by atoms with van der Waals surface area (Å²) in [6, 6.07) is 0. The van der Waals surface area contributed by atoms with Gasteiger partial charge in [0, 0.05) is 32.5 Å². The molecule has 2 saturated heterocycles. The highest BCUT2D eigenvalue weighted by molar-refractivity contribution is 7.09. The molecule has 0 atom stereocenters. The van der Waals surface area contributed by atoms with Gasteiger partial charge in [-0.1, -0.05) is 13.8 Å². The van der Waals surface area contributed by atoms with Crippen molar-refractivity contribution >= 4 is 28.5 Å². The molecule has 2 aromatic rings. The number of piperidine rings is 1. The number of carbonyl (C=O) groups is 1. The number of hydrogen-bond donors (Lipinski definition) is 1. The molecule has 9 nitrogen and oxygen atoms in total. The molecule has 0 unspecified atom stereocenters. The molecule has 2 fully saturated rings. The largest absolute Gasteiger partial charge is 0.347 e. The first kappa shape index (κ1) is 18.3. The van der Waals surface area contributed by atoms with Crippen molar-refractivity contribution < 1.29 is 14.3 Å². The molecule has 10 heteroatoms. The van der Waals surface area contributed by atoms with Gasteiger partial charge in [0.2, 0.25) is 0 Å². The predicted octanol–water partition coefficient (Wildman–Crippen LogP) is 0.781. The van der Waals surface area contributed by atoms with E-state index in [1.54, 1.807) is 4.90 Å². The van der Waals surface area contributed by atoms with E-state index in [4.69, 9.17) is 9.47 Å². The van der Waals surface area contributed by atoms with Gasteiger partial charge >= 0.3 is 5.69 Å². The Labute approximate surface area is 159 Å². The summed E-state index contributed by atoms with van der Waals surface area (Å²) >= 11 is 0.952. The van der Waals surface area contributed by atoms with Gasteiger partial charge in [-0.2, -0.15) is 4.37 Å². The Balaban J connectivity index is 1.62. The summed E-state index contributed by atoms with van der Waals surface area (Å²) in [5, 5.41) is 0. The van der Waals surface area contributed by atoms with Crippen molar-refractivity contribution in [3.8, 4) is 0 Å². The molecular formula is C17H22N4O5S. The second-order valence-electron chi connectivity index (χ2n) is 7.37. The molecule has 0 saturated carbocycles. The van der Waals surface area contributed by atoms with Gasteiger partial charge in [-0.15, -0.1) is 0 Å². The summed E-state index contributed by atoms with van der Waals surface area (Å²) < 4.78 is 16.7. The lowest BCUT2D eigenvalue weighted by Gasteiger charge is -2.37. The number of likely N-dealkylation sites (tertiary alicyclic amines) is 1. The second kappa shape index (κ2) is 6.84. The Morgan fingerprint density at radius 1 is 1.26 bits per heavy atom. The molecular weight excluding hydrogens is 372 g/mol. The van der Waals surface area contributed by atoms with Gasteiger partial charge in [0.25, 0.3) is 11.5 Å². The van der Waals surface area contributed by atoms with E-state index in [1.165, 1.54) is 0 Å². The summed E-state index contributed by atoms with van der Waals surface area (Å²) in [4.78, 5) is 42.5. The number of aromatic amines is 1. The number of nitrogens with zero attached hydrogens (tertiary/aromatic N) is 3. The van der Waals surface area contributed by atoms with Crippen molar-refractivity contribution in [2.75, 3.05) is 26.3 Å². The van der Waals surface area contributed by atoms with Gasteiger partial charge in [-0.3, -0.25) is 14.2 Å². The van der Waals surface area contributed by atoms with E-state index in [1.807, 2.05) is 13.8 Å². The second-order valence-corrected chi connectivity index (χ2v) is 8.15. The van der Waals surface area contributed by atoms with Gasteiger partial charge in [0.1, 0.15) is 4.88 Å². The molecule has 4 rings (SSSR count). The summed E-state index contributed by atoms with van der Waals surface area (Å²) in [6.45, 7) is 6.30. The molecule has 2 aromatic heterocycles. The number of H-pyrrole nitrogens is 1. The zero-order valence-corrected chi connectivity index (χ0v) is 16.1. The fourth-order valence-corrected chi connectivity index (χ4v) is 4.40. The molecule has 0 bridgehead atoms. The number of rotatable bonds is 3. The number of ether oxygens (including phenoxy) is 2. The summed E-state index contributed by atoms with van der Waals surface area (Å²) in [6.07, 6.45) is 1.21. The maximum absolute atomic E-state index is 12.9. The van der Waals surface area contributed by atoms with Crippen molar-refractivity contribution in [2.45, 2.75) is 39.0 Å². The molecule has 146 valence electrons. The minimum absolute atomic E-state index is 0.138. The van der Waals surface area contributed by atoms with Gasteiger partial charge in [-0.05, 0) is 17.5 Å². The van der Waals surface area contributed by atoms with Crippen LogP contribution in [0, 0.1) is 5.92 Å². The standard InChI is InChI=1S/C17H22N4O5S/c1-10(2)9-21-14(22)12-11(18-16(21)24)13(27-19-12)15(23)20-5-3-17(4-6-20)25-7-8-26-17/h10H,3-9H2,1-2H3,(H,18,24). The van der Waals surface area contributed by atoms with Crippen molar-refractivity contribution in [3.63, 3.8) is 0 Å². The lowest BCUT2D eigenvalue weighted by atomic mass is 10.0. The molecule has 1 spiro atoms. The summed E-state index contributed by atoms with van der Waals surface area (Å²) in [5.74, 6) is -0.653. The number of carbonyl (C=O) groups excluding carboxylic acids is 1. The third-order valence-corrected chi connectivity index (χ3v) is 5.82. The quantitative estimate of drug-likeness (QED) is 0.825. The van der Waals surface area contributed by atoms with Crippen LogP contribution in [-0.4, -0.2) is 56.8 Å². The van der Waals surface area contributed by atoms with Crippen LogP contribution in [0.15, 0.2) is 9.59 Å². The molecule has 0 aliphatic carbocycles. The van der Waals surface area contributed by atoms with Crippen LogP contribution in [0.25, 0.3) is 11.0 Å². The first-order valence-electron chi connectivity index (χ1n) is 9.10. The smallest absolute Gasteiger partial charge is 0.328 e. The third-order valence-electron chi connectivity index (χ3n) is 4.98. The molecule has 2 aliphatic rings. The number of amides is 1. The van der Waals surface area contributed by atoms with Gasteiger partial charge in [0.05, 0.1) is 18.7 Å². The molecule has 0 aromatic carbocycles. The normalized spacial score (nSPS) is 19.4. The van der Waals surface area contributed by atoms with Gasteiger partial charge in [0.15, 0.2) is 11.3 Å². The Bertz CT molecular complexity index is 975. The molecule has 1 N–H and O–H groups in total. The first-order valence-corrected chi connectivity index (χ1v) is 9.87. The van der Waals surface area contributed by atoms with Crippen LogP contribution in [0.2, 0.25) is 0 Å². The fourth-order valence-electron chi connectivity index (χ4n) is 3.60. The SMILES string of the molecule is CC(C)Cn1c(=O)[nH]c2c(C(=O)N3CCC4(CC3)OCCO4)snc2c1=O. The van der Waals surface area contributed by atoms with Crippen LogP contribution in [-0.2, 0) is 16.0 Å². The fraction of sp³-hybridized carbons (Fsp3) is 0.647. The highest BCUT2D eigenvalue weighted by atomic mass is 32.1. The van der Waals surface area contributed by atoms with E-state index in [9.17, 15) is 14.4 Å². The van der Waals surface area contributed by atoms with Crippen LogP contribution < -0.4 is 11.2 Å². The van der Waals surface area contributed by atoms with E-state index < -0.39 is 17.0 Å². The van der Waals surface area contributed by atoms with Gasteiger partial charge < -0.3 is 19.4 Å². The van der Waals surface area contributed by atoms with Crippen LogP contribution in [0.4, 0.5) is 0 Å². The molecule has 0 radical (unpaired) electrons. The molecule has 27 heavy (non-hydrogen) atoms. The Kier molecular flexibility index (Phi) is 4.65. The number of aromatic nitrogens is 3. The average molecular weight is 394 g/mol. The first-order chi connectivity index (χ1) is 12.9. The van der Waals surface area contributed by atoms with Crippen LogP contribution in [0.3, 0.4) is 0 Å². The van der Waals surface area contributed by atoms with Crippen molar-refractivity contribution in [1.29, 1.82) is 0 Å². The molecule has 2 aliphatic heterocycles. The van der Waals surface area contributed by atoms with E-state index in [-0.39, 0.29) is 22.9 Å². The van der Waals surface area contributed by atoms with Crippen LogP contribution in [0.1, 0.15) is 36.4 Å². The maximum atomic E-state index is 12.9. The van der Waals surface area contributed by atoms with Crippen LogP contribution >= 0.6 is 11.5 Å². The minimum atomic E-state index is -0.564. The predicted molar refractivity (Wildman–Crippen MR) is 99.1 cm³/mol. The average Bonchev–Trinajstić information content (AvgIpc) is 3.26. The highest BCUT2D eigenvalue weighted by Gasteiger charge is 2.41. The zero-order valence-electron chi connectivity index (χ0n) is 15.3. The maximum Gasteiger partial charge on any atom is 0.328 e. The van der Waals surface area contributed by atoms with E-state index >= 15 is 0 Å². The molecule has 1 amide bonds. The van der Waals surface area contributed by atoms with Crippen molar-refractivity contribution in [1.82, 2.24) is 18.8 Å². The Morgan fingerprint density at radius 2 is 1.93 bits per heavy atom. The Hall–Kier alpha value is -2.04. The lowest BCUT2D eigenvalue weighted by molar-refractivity contribution is -0.181. The van der Waals surface area contributed by atoms with Crippen molar-refractivity contribution in [2.24, 2.45) is 5.92 Å². The number of fused-ring (bicyclic) bond motifs is 1. The van der Waals surface area contributed by atoms with E-state index in [2.05, 4.69) is 9.36 Å². The number of nitrogens with one attached hydrogen (secondary N) is 1.